The Morgan fingerprint density at radius 1 is 1.30 bits per heavy atom. The lowest BCUT2D eigenvalue weighted by molar-refractivity contribution is -0.347. The number of aromatic amines is 1. The Morgan fingerprint density at radius 3 is 2.43 bits per heavy atom. The second kappa shape index (κ2) is 6.12. The van der Waals surface area contributed by atoms with Crippen LogP contribution in [0, 0.1) is 34.0 Å². The molecule has 3 N–H and O–H groups in total. The van der Waals surface area contributed by atoms with Crippen molar-refractivity contribution in [1.82, 2.24) is 0 Å². The molecule has 9 heteroatoms. The van der Waals surface area contributed by atoms with Gasteiger partial charge in [-0.1, -0.05) is 0 Å². The van der Waals surface area contributed by atoms with E-state index in [9.17, 15) is 18.9 Å². The molecule has 1 aromatic heterocycles. The van der Waals surface area contributed by atoms with Crippen LogP contribution in [0.5, 0.6) is 0 Å². The van der Waals surface area contributed by atoms with Gasteiger partial charge in [0.15, 0.2) is 9.84 Å². The molecule has 0 aromatic carbocycles. The number of H-pyrrole nitrogens is 1. The lowest BCUT2D eigenvalue weighted by atomic mass is 10.0. The van der Waals surface area contributed by atoms with Crippen molar-refractivity contribution in [2.45, 2.75) is 18.9 Å². The summed E-state index contributed by atoms with van der Waals surface area (Å²) in [5.41, 5.74) is 6.31. The molecule has 0 spiro atoms. The second-order valence-electron chi connectivity index (χ2n) is 5.34. The van der Waals surface area contributed by atoms with Crippen LogP contribution in [0.2, 0.25) is 0 Å². The molecule has 23 heavy (non-hydrogen) atoms. The van der Waals surface area contributed by atoms with Crippen molar-refractivity contribution in [3.05, 3.63) is 16.7 Å². The van der Waals surface area contributed by atoms with Crippen LogP contribution in [0.25, 0.3) is 0 Å². The van der Waals surface area contributed by atoms with Crippen molar-refractivity contribution in [2.75, 3.05) is 29.2 Å². The Bertz CT molecular complexity index is 872. The molecule has 0 unspecified atom stereocenters. The Balaban J connectivity index is 2.58. The van der Waals surface area contributed by atoms with Gasteiger partial charge < -0.3 is 5.73 Å². The van der Waals surface area contributed by atoms with Gasteiger partial charge in [0.2, 0.25) is 11.6 Å². The zero-order valence-electron chi connectivity index (χ0n) is 12.5. The van der Waals surface area contributed by atoms with Crippen LogP contribution in [-0.2, 0) is 16.3 Å². The maximum Gasteiger partial charge on any atom is 0.240 e. The largest absolute Gasteiger partial charge is 0.318 e. The van der Waals surface area contributed by atoms with Gasteiger partial charge in [0.1, 0.15) is 23.3 Å². The molecule has 118 valence electrons. The van der Waals surface area contributed by atoms with Crippen molar-refractivity contribution in [3.8, 4) is 18.2 Å². The topological polar surface area (TPSA) is 149 Å². The molecule has 1 fully saturated rings. The van der Waals surface area contributed by atoms with Gasteiger partial charge >= 0.3 is 0 Å². The van der Waals surface area contributed by atoms with Crippen LogP contribution in [0.3, 0.4) is 0 Å². The molecule has 1 aliphatic heterocycles. The van der Waals surface area contributed by atoms with Crippen LogP contribution in [-0.4, -0.2) is 33.0 Å². The first kappa shape index (κ1) is 16.5. The molecule has 0 aliphatic carbocycles. The summed E-state index contributed by atoms with van der Waals surface area (Å²) in [5.74, 6) is 0.479. The summed E-state index contributed by atoms with van der Waals surface area (Å²) >= 11 is 0. The van der Waals surface area contributed by atoms with Gasteiger partial charge in [-0.05, 0) is 6.42 Å². The highest BCUT2D eigenvalue weighted by Crippen LogP contribution is 2.27. The fourth-order valence-electron chi connectivity index (χ4n) is 2.71. The number of hydrogen-bond donors (Lipinski definition) is 1. The third-order valence-corrected chi connectivity index (χ3v) is 5.70. The molecule has 1 aliphatic rings. The summed E-state index contributed by atoms with van der Waals surface area (Å²) in [7, 11) is -1.42. The second-order valence-corrected chi connectivity index (χ2v) is 7.57. The molecule has 1 atom stereocenters. The Labute approximate surface area is 134 Å². The minimum absolute atomic E-state index is 0.00427. The zero-order chi connectivity index (χ0) is 17.2. The molecule has 2 heterocycles. The molecule has 0 bridgehead atoms. The van der Waals surface area contributed by atoms with Crippen molar-refractivity contribution < 1.29 is 13.4 Å². The molecule has 0 amide bonds. The number of nitrogen functional groups attached to an aromatic ring is 1. The highest BCUT2D eigenvalue weighted by atomic mass is 32.2. The van der Waals surface area contributed by atoms with Crippen LogP contribution in [0.15, 0.2) is 0 Å². The van der Waals surface area contributed by atoms with E-state index in [1.54, 1.807) is 11.9 Å². The summed E-state index contributed by atoms with van der Waals surface area (Å²) < 4.78 is 23.3. The number of nitrogens with one attached hydrogen (secondary N) is 1. The van der Waals surface area contributed by atoms with Gasteiger partial charge in [0.25, 0.3) is 0 Å². The molecule has 0 saturated carbocycles. The molecule has 0 radical (unpaired) electrons. The molecular weight excluding hydrogens is 316 g/mol. The van der Waals surface area contributed by atoms with Crippen LogP contribution < -0.4 is 15.6 Å². The van der Waals surface area contributed by atoms with E-state index in [2.05, 4.69) is 4.98 Å². The lowest BCUT2D eigenvalue weighted by Crippen LogP contribution is -2.38. The number of nitriles is 3. The van der Waals surface area contributed by atoms with Crippen LogP contribution in [0.1, 0.15) is 23.1 Å². The fraction of sp³-hybridized carbons (Fsp3) is 0.429. The first-order valence-electron chi connectivity index (χ1n) is 6.82. The van der Waals surface area contributed by atoms with Crippen molar-refractivity contribution in [3.63, 3.8) is 0 Å². The van der Waals surface area contributed by atoms with Crippen molar-refractivity contribution in [2.24, 2.45) is 0 Å². The minimum atomic E-state index is -3.09. The molecule has 8 nitrogen and oxygen atoms in total. The monoisotopic (exact) mass is 331 g/mol. The van der Waals surface area contributed by atoms with Gasteiger partial charge in [0.05, 0.1) is 37.1 Å². The van der Waals surface area contributed by atoms with E-state index in [4.69, 9.17) is 11.0 Å². The minimum Gasteiger partial charge on any atom is -0.318 e. The summed E-state index contributed by atoms with van der Waals surface area (Å²) in [5, 5.41) is 27.6. The average molecular weight is 331 g/mol. The van der Waals surface area contributed by atoms with Gasteiger partial charge in [-0.15, -0.1) is 0 Å². The smallest absolute Gasteiger partial charge is 0.240 e. The lowest BCUT2D eigenvalue weighted by Gasteiger charge is -2.22. The summed E-state index contributed by atoms with van der Waals surface area (Å²) in [6.45, 7) is 0. The average Bonchev–Trinajstić information content (AvgIpc) is 2.86. The van der Waals surface area contributed by atoms with Gasteiger partial charge in [-0.3, -0.25) is 4.90 Å². The van der Waals surface area contributed by atoms with Gasteiger partial charge in [0, 0.05) is 5.56 Å². The Hall–Kier alpha value is -2.83. The summed E-state index contributed by atoms with van der Waals surface area (Å²) in [6.07, 6.45) is 0.319. The van der Waals surface area contributed by atoms with Crippen molar-refractivity contribution in [1.29, 1.82) is 15.8 Å². The van der Waals surface area contributed by atoms with E-state index in [0.717, 1.165) is 0 Å². The highest BCUT2D eigenvalue weighted by molar-refractivity contribution is 7.91. The zero-order valence-corrected chi connectivity index (χ0v) is 13.3. The predicted molar refractivity (Wildman–Crippen MR) is 81.6 cm³/mol. The van der Waals surface area contributed by atoms with Crippen LogP contribution >= 0.6 is 0 Å². The number of pyridine rings is 1. The third-order valence-electron chi connectivity index (χ3n) is 3.95. The van der Waals surface area contributed by atoms with Crippen molar-refractivity contribution >= 4 is 21.5 Å². The summed E-state index contributed by atoms with van der Waals surface area (Å²) in [4.78, 5) is 4.46. The molecule has 1 aromatic rings. The molecule has 1 saturated heterocycles. The number of nitrogens with zero attached hydrogens (tertiary/aromatic N) is 4. The Morgan fingerprint density at radius 2 is 1.96 bits per heavy atom. The van der Waals surface area contributed by atoms with E-state index < -0.39 is 9.84 Å². The van der Waals surface area contributed by atoms with Gasteiger partial charge in [-0.2, -0.15) is 15.8 Å². The van der Waals surface area contributed by atoms with Crippen LogP contribution in [0.4, 0.5) is 11.6 Å². The fourth-order valence-corrected chi connectivity index (χ4v) is 4.49. The highest BCUT2D eigenvalue weighted by Gasteiger charge is 2.36. The number of anilines is 2. The Kier molecular flexibility index (Phi) is 4.40. The van der Waals surface area contributed by atoms with E-state index in [-0.39, 0.29) is 46.5 Å². The maximum atomic E-state index is 11.7. The van der Waals surface area contributed by atoms with Gasteiger partial charge in [-0.25, -0.2) is 13.4 Å². The van der Waals surface area contributed by atoms with E-state index in [0.29, 0.717) is 12.2 Å². The standard InChI is InChI=1S/C14H14N6O2S/c1-20(9-3-5-23(21,22)8-9)14-12(7-17)10(2-4-15)11(6-16)13(18)19-14/h9H,2-3,5,8H2,1H3,(H2,18,19)/p+1/t9-/m1/s1. The quantitative estimate of drug-likeness (QED) is 0.785. The first-order valence-corrected chi connectivity index (χ1v) is 8.64. The number of sulfone groups is 1. The number of aromatic nitrogens is 1. The SMILES string of the molecule is CN(c1[nH+]c(N)c(C#N)c(CC#N)c1C#N)[C@@H]1CCS(=O)(=O)C1. The molecular formula is C14H15N6O2S+. The first-order chi connectivity index (χ1) is 10.8. The third kappa shape index (κ3) is 3.03. The normalized spacial score (nSPS) is 18.6. The van der Waals surface area contributed by atoms with E-state index in [1.165, 1.54) is 0 Å². The number of rotatable bonds is 3. The van der Waals surface area contributed by atoms with E-state index in [1.807, 2.05) is 18.2 Å². The number of hydrogen-bond acceptors (Lipinski definition) is 7. The summed E-state index contributed by atoms with van der Waals surface area (Å²) in [6, 6.07) is 5.53. The number of nitrogens with two attached hydrogens (primary N) is 1. The maximum absolute atomic E-state index is 11.7. The molecule has 2 rings (SSSR count). The van der Waals surface area contributed by atoms with E-state index >= 15 is 0 Å². The predicted octanol–water partition coefficient (Wildman–Crippen LogP) is -0.484.